The molecule has 1 saturated heterocycles. The Morgan fingerprint density at radius 2 is 1.79 bits per heavy atom. The number of nitrogens with zero attached hydrogens (tertiary/aromatic N) is 7. The second kappa shape index (κ2) is 8.11. The second-order valence-electron chi connectivity index (χ2n) is 9.49. The lowest BCUT2D eigenvalue weighted by Crippen LogP contribution is -2.47. The van der Waals surface area contributed by atoms with Gasteiger partial charge in [0, 0.05) is 31.7 Å². The molecular weight excluding hydrogens is 420 g/mol. The first-order valence-electron chi connectivity index (χ1n) is 11.1. The number of aromatic nitrogens is 6. The molecule has 0 aliphatic carbocycles. The van der Waals surface area contributed by atoms with E-state index in [0.717, 1.165) is 31.7 Å². The number of piperazine rings is 1. The zero-order valence-corrected chi connectivity index (χ0v) is 19.4. The lowest BCUT2D eigenvalue weighted by molar-refractivity contribution is 0.214. The average Bonchev–Trinajstić information content (AvgIpc) is 3.42. The van der Waals surface area contributed by atoms with Gasteiger partial charge in [-0.3, -0.25) is 14.7 Å². The number of aromatic amines is 1. The highest BCUT2D eigenvalue weighted by atomic mass is 16.5. The van der Waals surface area contributed by atoms with Crippen molar-refractivity contribution in [1.29, 1.82) is 0 Å². The minimum absolute atomic E-state index is 0.164. The van der Waals surface area contributed by atoms with Gasteiger partial charge < -0.3 is 9.42 Å². The molecule has 4 aromatic rings. The van der Waals surface area contributed by atoms with Gasteiger partial charge in [0.1, 0.15) is 5.39 Å². The Bertz CT molecular complexity index is 1320. The molecule has 1 aliphatic rings. The Kier molecular flexibility index (Phi) is 5.24. The summed E-state index contributed by atoms with van der Waals surface area (Å²) in [6.07, 6.45) is 1.59. The van der Waals surface area contributed by atoms with E-state index in [2.05, 4.69) is 30.0 Å². The van der Waals surface area contributed by atoms with Crippen molar-refractivity contribution in [2.75, 3.05) is 31.1 Å². The molecule has 1 aliphatic heterocycles. The van der Waals surface area contributed by atoms with Crippen molar-refractivity contribution < 1.29 is 4.52 Å². The fourth-order valence-corrected chi connectivity index (χ4v) is 4.00. The number of hydrogen-bond acceptors (Lipinski definition) is 8. The van der Waals surface area contributed by atoms with E-state index in [4.69, 9.17) is 9.51 Å². The topological polar surface area (TPSA) is 109 Å². The highest BCUT2D eigenvalue weighted by Crippen LogP contribution is 2.21. The van der Waals surface area contributed by atoms with Gasteiger partial charge in [0.2, 0.25) is 17.7 Å². The van der Waals surface area contributed by atoms with Crippen LogP contribution in [0.1, 0.15) is 32.2 Å². The van der Waals surface area contributed by atoms with Gasteiger partial charge in [-0.2, -0.15) is 15.1 Å². The molecule has 33 heavy (non-hydrogen) atoms. The van der Waals surface area contributed by atoms with Crippen LogP contribution in [-0.4, -0.2) is 61.0 Å². The highest BCUT2D eigenvalue weighted by Gasteiger charge is 2.24. The summed E-state index contributed by atoms with van der Waals surface area (Å²) in [6.45, 7) is 11.8. The lowest BCUT2D eigenvalue weighted by Gasteiger charge is -2.34. The molecule has 4 heterocycles. The van der Waals surface area contributed by atoms with Crippen molar-refractivity contribution in [3.63, 3.8) is 0 Å². The fourth-order valence-electron chi connectivity index (χ4n) is 4.00. The van der Waals surface area contributed by atoms with Crippen LogP contribution < -0.4 is 10.5 Å². The Morgan fingerprint density at radius 3 is 2.48 bits per heavy atom. The van der Waals surface area contributed by atoms with Crippen molar-refractivity contribution in [2.24, 2.45) is 0 Å². The van der Waals surface area contributed by atoms with Crippen LogP contribution in [0.4, 0.5) is 5.95 Å². The van der Waals surface area contributed by atoms with Crippen molar-refractivity contribution in [3.05, 3.63) is 52.3 Å². The Hall–Kier alpha value is -3.53. The van der Waals surface area contributed by atoms with E-state index in [0.29, 0.717) is 35.2 Å². The number of fused-ring (bicyclic) bond motifs is 1. The van der Waals surface area contributed by atoms with Crippen molar-refractivity contribution >= 4 is 17.0 Å². The van der Waals surface area contributed by atoms with Gasteiger partial charge in [0.25, 0.3) is 5.56 Å². The molecule has 172 valence electrons. The normalized spacial score (nSPS) is 15.5. The number of rotatable bonds is 4. The van der Waals surface area contributed by atoms with Gasteiger partial charge in [-0.25, -0.2) is 4.68 Å². The quantitative estimate of drug-likeness (QED) is 0.507. The molecule has 3 aromatic heterocycles. The van der Waals surface area contributed by atoms with Crippen LogP contribution in [0.15, 0.2) is 39.8 Å². The Labute approximate surface area is 191 Å². The predicted octanol–water partition coefficient (Wildman–Crippen LogP) is 2.56. The van der Waals surface area contributed by atoms with E-state index in [9.17, 15) is 4.79 Å². The third-order valence-electron chi connectivity index (χ3n) is 5.87. The summed E-state index contributed by atoms with van der Waals surface area (Å²) < 4.78 is 7.28. The maximum absolute atomic E-state index is 12.6. The number of hydrogen-bond donors (Lipinski definition) is 1. The van der Waals surface area contributed by atoms with Crippen LogP contribution >= 0.6 is 0 Å². The first-order valence-corrected chi connectivity index (χ1v) is 11.1. The molecule has 0 radical (unpaired) electrons. The highest BCUT2D eigenvalue weighted by molar-refractivity contribution is 5.74. The fraction of sp³-hybridized carbons (Fsp3) is 0.435. The van der Waals surface area contributed by atoms with Crippen molar-refractivity contribution in [2.45, 2.75) is 39.8 Å². The van der Waals surface area contributed by atoms with Gasteiger partial charge in [-0.15, -0.1) is 0 Å². The predicted molar refractivity (Wildman–Crippen MR) is 125 cm³/mol. The van der Waals surface area contributed by atoms with E-state index < -0.39 is 0 Å². The molecule has 1 aromatic carbocycles. The standard InChI is InChI=1S/C23H28N8O2/c1-15-5-7-16(8-6-15)19-25-18(33-28-19)14-29-9-11-30(12-10-29)22-26-20-17(21(32)27-22)13-24-31(20)23(2,3)4/h5-8,13H,9-12,14H2,1-4H3,(H,26,27,32). The van der Waals surface area contributed by atoms with E-state index in [1.54, 1.807) is 10.9 Å². The molecule has 0 bridgehead atoms. The second-order valence-corrected chi connectivity index (χ2v) is 9.49. The average molecular weight is 449 g/mol. The minimum atomic E-state index is -0.264. The number of nitrogens with one attached hydrogen (secondary N) is 1. The molecule has 0 saturated carbocycles. The monoisotopic (exact) mass is 448 g/mol. The van der Waals surface area contributed by atoms with Gasteiger partial charge in [0.05, 0.1) is 18.3 Å². The number of anilines is 1. The molecular formula is C23H28N8O2. The van der Waals surface area contributed by atoms with Crippen LogP contribution in [0.5, 0.6) is 0 Å². The molecule has 0 amide bonds. The molecule has 0 spiro atoms. The maximum Gasteiger partial charge on any atom is 0.263 e. The van der Waals surface area contributed by atoms with Crippen molar-refractivity contribution in [1.82, 2.24) is 34.8 Å². The molecule has 0 unspecified atom stereocenters. The van der Waals surface area contributed by atoms with Crippen LogP contribution in [-0.2, 0) is 12.1 Å². The summed E-state index contributed by atoms with van der Waals surface area (Å²) in [7, 11) is 0. The SMILES string of the molecule is Cc1ccc(-c2noc(CN3CCN(c4nc5c(cnn5C(C)(C)C)c(=O)[nH]4)CC3)n2)cc1. The van der Waals surface area contributed by atoms with Gasteiger partial charge >= 0.3 is 0 Å². The van der Waals surface area contributed by atoms with Crippen LogP contribution in [0.25, 0.3) is 22.4 Å². The molecule has 10 nitrogen and oxygen atoms in total. The Balaban J connectivity index is 1.26. The lowest BCUT2D eigenvalue weighted by atomic mass is 10.1. The smallest absolute Gasteiger partial charge is 0.263 e. The van der Waals surface area contributed by atoms with E-state index in [1.807, 2.05) is 52.0 Å². The van der Waals surface area contributed by atoms with Crippen molar-refractivity contribution in [3.8, 4) is 11.4 Å². The van der Waals surface area contributed by atoms with Gasteiger partial charge in [-0.05, 0) is 27.7 Å². The van der Waals surface area contributed by atoms with Crippen LogP contribution in [0, 0.1) is 6.92 Å². The summed E-state index contributed by atoms with van der Waals surface area (Å²) >= 11 is 0. The molecule has 10 heteroatoms. The minimum Gasteiger partial charge on any atom is -0.340 e. The zero-order chi connectivity index (χ0) is 23.2. The molecule has 1 N–H and O–H groups in total. The summed E-state index contributed by atoms with van der Waals surface area (Å²) in [5.41, 5.74) is 2.32. The molecule has 5 rings (SSSR count). The summed E-state index contributed by atoms with van der Waals surface area (Å²) in [5.74, 6) is 1.79. The third kappa shape index (κ3) is 4.25. The number of aryl methyl sites for hydroxylation is 1. The summed E-state index contributed by atoms with van der Waals surface area (Å²) in [4.78, 5) is 29.2. The van der Waals surface area contributed by atoms with Gasteiger partial charge in [0.15, 0.2) is 5.65 Å². The number of benzene rings is 1. The zero-order valence-electron chi connectivity index (χ0n) is 19.4. The molecule has 1 fully saturated rings. The molecule has 0 atom stereocenters. The Morgan fingerprint density at radius 1 is 1.06 bits per heavy atom. The maximum atomic E-state index is 12.6. The summed E-state index contributed by atoms with van der Waals surface area (Å²) in [6, 6.07) is 8.07. The van der Waals surface area contributed by atoms with E-state index in [-0.39, 0.29) is 11.1 Å². The first-order chi connectivity index (χ1) is 15.8. The summed E-state index contributed by atoms with van der Waals surface area (Å²) in [5, 5.41) is 9.02. The van der Waals surface area contributed by atoms with E-state index in [1.165, 1.54) is 5.56 Å². The van der Waals surface area contributed by atoms with Crippen LogP contribution in [0.2, 0.25) is 0 Å². The first kappa shape index (κ1) is 21.3. The largest absolute Gasteiger partial charge is 0.340 e. The van der Waals surface area contributed by atoms with E-state index >= 15 is 0 Å². The third-order valence-corrected chi connectivity index (χ3v) is 5.87. The number of H-pyrrole nitrogens is 1. The van der Waals surface area contributed by atoms with Crippen LogP contribution in [0.3, 0.4) is 0 Å². The van der Waals surface area contributed by atoms with Gasteiger partial charge in [-0.1, -0.05) is 35.0 Å².